The van der Waals surface area contributed by atoms with E-state index in [1.807, 2.05) is 6.07 Å². The van der Waals surface area contributed by atoms with Crippen LogP contribution in [0.1, 0.15) is 11.1 Å². The molecule has 0 bridgehead atoms. The third-order valence-corrected chi connectivity index (χ3v) is 3.51. The Kier molecular flexibility index (Phi) is 5.76. The van der Waals surface area contributed by atoms with Crippen LogP contribution in [0.15, 0.2) is 42.5 Å². The van der Waals surface area contributed by atoms with Gasteiger partial charge in [0.2, 0.25) is 0 Å². The lowest BCUT2D eigenvalue weighted by Crippen LogP contribution is -2.28. The third-order valence-electron chi connectivity index (χ3n) is 3.15. The van der Waals surface area contributed by atoms with Crippen LogP contribution in [0.25, 0.3) is 0 Å². The molecule has 0 aromatic heterocycles. The molecule has 0 atom stereocenters. The van der Waals surface area contributed by atoms with Crippen LogP contribution in [0.3, 0.4) is 0 Å². The first-order valence-electron chi connectivity index (χ1n) is 6.80. The lowest BCUT2D eigenvalue weighted by molar-refractivity contribution is -0.0502. The van der Waals surface area contributed by atoms with Crippen LogP contribution in [-0.4, -0.2) is 12.6 Å². The molecule has 2 rings (SSSR count). The Bertz CT molecular complexity index is 696. The van der Waals surface area contributed by atoms with Gasteiger partial charge in [0.1, 0.15) is 5.75 Å². The van der Waals surface area contributed by atoms with Gasteiger partial charge in [-0.3, -0.25) is 0 Å². The fraction of sp³-hybridized carbons (Fsp3) is 0.188. The third kappa shape index (κ3) is 4.82. The maximum absolute atomic E-state index is 12.3. The van der Waals surface area contributed by atoms with Gasteiger partial charge in [-0.1, -0.05) is 35.9 Å². The fourth-order valence-corrected chi connectivity index (χ4v) is 2.16. The minimum absolute atomic E-state index is 0.0175. The van der Waals surface area contributed by atoms with Crippen molar-refractivity contribution in [2.24, 2.45) is 0 Å². The molecule has 23 heavy (non-hydrogen) atoms. The highest BCUT2D eigenvalue weighted by Gasteiger charge is 2.12. The summed E-state index contributed by atoms with van der Waals surface area (Å²) < 4.78 is 29.0. The van der Waals surface area contributed by atoms with Gasteiger partial charge < -0.3 is 15.4 Å². The molecule has 0 spiro atoms. The molecule has 0 aliphatic heterocycles. The topological polar surface area (TPSA) is 50.4 Å². The quantitative estimate of drug-likeness (QED) is 0.837. The average Bonchev–Trinajstić information content (AvgIpc) is 2.50. The van der Waals surface area contributed by atoms with Gasteiger partial charge in [-0.25, -0.2) is 4.79 Å². The zero-order chi connectivity index (χ0) is 16.8. The summed E-state index contributed by atoms with van der Waals surface area (Å²) in [6.07, 6.45) is 0. The van der Waals surface area contributed by atoms with E-state index in [0.29, 0.717) is 16.3 Å². The molecule has 2 aromatic rings. The Labute approximate surface area is 137 Å². The van der Waals surface area contributed by atoms with Crippen molar-refractivity contribution >= 4 is 23.3 Å². The molecular weight excluding hydrogens is 326 g/mol. The number of alkyl halides is 2. The number of carbonyl (C=O) groups is 1. The molecule has 0 fully saturated rings. The van der Waals surface area contributed by atoms with Crippen LogP contribution in [0.4, 0.5) is 19.3 Å². The largest absolute Gasteiger partial charge is 0.434 e. The van der Waals surface area contributed by atoms with E-state index in [0.717, 1.165) is 5.56 Å². The fourth-order valence-electron chi connectivity index (χ4n) is 1.96. The Balaban J connectivity index is 1.99. The van der Waals surface area contributed by atoms with Crippen LogP contribution in [0, 0.1) is 6.92 Å². The second kappa shape index (κ2) is 7.78. The number of benzene rings is 2. The number of hydrogen-bond donors (Lipinski definition) is 2. The first-order valence-corrected chi connectivity index (χ1v) is 7.18. The average molecular weight is 341 g/mol. The molecule has 0 aliphatic carbocycles. The van der Waals surface area contributed by atoms with Gasteiger partial charge in [0, 0.05) is 22.8 Å². The van der Waals surface area contributed by atoms with E-state index >= 15 is 0 Å². The molecule has 0 radical (unpaired) electrons. The number of urea groups is 1. The maximum atomic E-state index is 12.3. The van der Waals surface area contributed by atoms with Crippen molar-refractivity contribution in [3.05, 3.63) is 58.6 Å². The lowest BCUT2D eigenvalue weighted by Gasteiger charge is -2.13. The number of halogens is 3. The monoisotopic (exact) mass is 340 g/mol. The van der Waals surface area contributed by atoms with Crippen LogP contribution in [-0.2, 0) is 6.54 Å². The Morgan fingerprint density at radius 2 is 1.96 bits per heavy atom. The number of nitrogens with one attached hydrogen (secondary N) is 2. The van der Waals surface area contributed by atoms with E-state index in [1.54, 1.807) is 31.2 Å². The van der Waals surface area contributed by atoms with Crippen LogP contribution < -0.4 is 15.4 Å². The Hall–Kier alpha value is -2.34. The van der Waals surface area contributed by atoms with E-state index in [4.69, 9.17) is 11.6 Å². The molecule has 2 N–H and O–H groups in total. The zero-order valence-electron chi connectivity index (χ0n) is 12.3. The van der Waals surface area contributed by atoms with E-state index in [2.05, 4.69) is 15.4 Å². The van der Waals surface area contributed by atoms with E-state index in [-0.39, 0.29) is 12.3 Å². The molecular formula is C16H15ClF2N2O2. The molecule has 7 heteroatoms. The van der Waals surface area contributed by atoms with E-state index < -0.39 is 12.6 Å². The van der Waals surface area contributed by atoms with Gasteiger partial charge >= 0.3 is 12.6 Å². The molecule has 4 nitrogen and oxygen atoms in total. The van der Waals surface area contributed by atoms with Crippen molar-refractivity contribution in [3.63, 3.8) is 0 Å². The minimum atomic E-state index is -2.92. The summed E-state index contributed by atoms with van der Waals surface area (Å²) in [6, 6.07) is 11.2. The highest BCUT2D eigenvalue weighted by Crippen LogP contribution is 2.26. The summed E-state index contributed by atoms with van der Waals surface area (Å²) in [5.41, 5.74) is 1.58. The number of ether oxygens (including phenoxy) is 1. The van der Waals surface area contributed by atoms with E-state index in [9.17, 15) is 13.6 Å². The predicted molar refractivity (Wildman–Crippen MR) is 85.1 cm³/mol. The summed E-state index contributed by atoms with van der Waals surface area (Å²) >= 11 is 6.00. The highest BCUT2D eigenvalue weighted by molar-refractivity contribution is 6.31. The highest BCUT2D eigenvalue weighted by atomic mass is 35.5. The molecule has 2 amide bonds. The van der Waals surface area contributed by atoms with Crippen molar-refractivity contribution < 1.29 is 18.3 Å². The first kappa shape index (κ1) is 17.0. The molecule has 0 saturated carbocycles. The Morgan fingerprint density at radius 3 is 2.65 bits per heavy atom. The van der Waals surface area contributed by atoms with Gasteiger partial charge in [-0.05, 0) is 30.7 Å². The zero-order valence-corrected chi connectivity index (χ0v) is 13.0. The number of amides is 2. The second-order valence-electron chi connectivity index (χ2n) is 4.71. The van der Waals surface area contributed by atoms with Gasteiger partial charge in [0.25, 0.3) is 0 Å². The van der Waals surface area contributed by atoms with Crippen molar-refractivity contribution in [2.75, 3.05) is 5.32 Å². The van der Waals surface area contributed by atoms with Crippen molar-refractivity contribution in [1.82, 2.24) is 5.32 Å². The number of carbonyl (C=O) groups excluding carboxylic acids is 1. The summed E-state index contributed by atoms with van der Waals surface area (Å²) in [5.74, 6) is 0.0175. The second-order valence-corrected chi connectivity index (χ2v) is 5.11. The van der Waals surface area contributed by atoms with E-state index in [1.165, 1.54) is 12.1 Å². The van der Waals surface area contributed by atoms with Crippen molar-refractivity contribution in [1.29, 1.82) is 0 Å². The standard InChI is InChI=1S/C16H15ClF2N2O2/c1-10-13(7-4-8-14(10)23-15(18)19)21-16(22)20-9-11-5-2-3-6-12(11)17/h2-8,15H,9H2,1H3,(H2,20,21,22). The lowest BCUT2D eigenvalue weighted by atomic mass is 10.2. The number of rotatable bonds is 5. The van der Waals surface area contributed by atoms with Gasteiger partial charge in [0.15, 0.2) is 0 Å². The van der Waals surface area contributed by atoms with Crippen LogP contribution >= 0.6 is 11.6 Å². The molecule has 122 valence electrons. The summed E-state index contributed by atoms with van der Waals surface area (Å²) in [5, 5.41) is 5.80. The van der Waals surface area contributed by atoms with Crippen LogP contribution in [0.5, 0.6) is 5.75 Å². The maximum Gasteiger partial charge on any atom is 0.387 e. The molecule has 0 saturated heterocycles. The van der Waals surface area contributed by atoms with Crippen molar-refractivity contribution in [2.45, 2.75) is 20.1 Å². The molecule has 0 aliphatic rings. The first-order chi connectivity index (χ1) is 11.0. The van der Waals surface area contributed by atoms with Gasteiger partial charge in [0.05, 0.1) is 0 Å². The number of hydrogen-bond acceptors (Lipinski definition) is 2. The molecule has 2 aromatic carbocycles. The molecule has 0 heterocycles. The summed E-state index contributed by atoms with van der Waals surface area (Å²) in [7, 11) is 0. The predicted octanol–water partition coefficient (Wildman–Crippen LogP) is 4.57. The van der Waals surface area contributed by atoms with Crippen molar-refractivity contribution in [3.8, 4) is 5.75 Å². The SMILES string of the molecule is Cc1c(NC(=O)NCc2ccccc2Cl)cccc1OC(F)F. The van der Waals surface area contributed by atoms with Gasteiger partial charge in [-0.2, -0.15) is 8.78 Å². The summed E-state index contributed by atoms with van der Waals surface area (Å²) in [6.45, 7) is -1.09. The minimum Gasteiger partial charge on any atom is -0.434 e. The smallest absolute Gasteiger partial charge is 0.387 e. The number of anilines is 1. The summed E-state index contributed by atoms with van der Waals surface area (Å²) in [4.78, 5) is 11.9. The Morgan fingerprint density at radius 1 is 1.22 bits per heavy atom. The molecule has 0 unspecified atom stereocenters. The van der Waals surface area contributed by atoms with Gasteiger partial charge in [-0.15, -0.1) is 0 Å². The normalized spacial score (nSPS) is 10.5. The van der Waals surface area contributed by atoms with Crippen LogP contribution in [0.2, 0.25) is 5.02 Å².